The average Bonchev–Trinajstić information content (AvgIpc) is 3.02. The minimum Gasteiger partial charge on any atom is -0.384 e. The number of pyridine rings is 1. The molecule has 0 aliphatic heterocycles. The Hall–Kier alpha value is -2.64. The number of halogens is 2. The number of benzene rings is 1. The molecule has 0 aliphatic rings. The minimum absolute atomic E-state index is 0.497. The molecule has 4 aromatic rings. The van der Waals surface area contributed by atoms with Crippen LogP contribution < -0.4 is 11.1 Å². The predicted octanol–water partition coefficient (Wildman–Crippen LogP) is 4.40. The summed E-state index contributed by atoms with van der Waals surface area (Å²) in [5.74, 6) is 1.30. The van der Waals surface area contributed by atoms with Gasteiger partial charge in [-0.3, -0.25) is 0 Å². The van der Waals surface area contributed by atoms with Crippen LogP contribution in [0.2, 0.25) is 5.02 Å². The summed E-state index contributed by atoms with van der Waals surface area (Å²) < 4.78 is 2.55. The summed E-state index contributed by atoms with van der Waals surface area (Å²) in [6, 6.07) is 13.3. The maximum atomic E-state index is 6.35. The summed E-state index contributed by atoms with van der Waals surface area (Å²) in [4.78, 5) is 8.81. The Morgan fingerprint density at radius 2 is 2.00 bits per heavy atom. The fraction of sp³-hybridized carbons (Fsp3) is 0.0556. The van der Waals surface area contributed by atoms with Crippen LogP contribution in [0.25, 0.3) is 16.9 Å². The molecule has 0 bridgehead atoms. The van der Waals surface area contributed by atoms with E-state index >= 15 is 0 Å². The lowest BCUT2D eigenvalue weighted by atomic mass is 10.1. The molecule has 130 valence electrons. The lowest BCUT2D eigenvalue weighted by Gasteiger charge is -2.11. The first-order valence-electron chi connectivity index (χ1n) is 7.85. The van der Waals surface area contributed by atoms with E-state index in [2.05, 4.69) is 31.3 Å². The first kappa shape index (κ1) is 16.8. The second kappa shape index (κ2) is 6.93. The van der Waals surface area contributed by atoms with Crippen LogP contribution in [0.15, 0.2) is 59.3 Å². The van der Waals surface area contributed by atoms with Crippen LogP contribution in [0.4, 0.5) is 11.6 Å². The number of hydrogen-bond acceptors (Lipinski definition) is 5. The van der Waals surface area contributed by atoms with E-state index in [1.54, 1.807) is 23.0 Å². The molecule has 1 aromatic carbocycles. The van der Waals surface area contributed by atoms with Crippen molar-refractivity contribution in [2.24, 2.45) is 0 Å². The Morgan fingerprint density at radius 3 is 2.77 bits per heavy atom. The number of anilines is 2. The SMILES string of the molecule is Nc1ccc(CNc2cc(-c3ccccc3Cl)nc3c(Br)cnn23)cn1. The highest BCUT2D eigenvalue weighted by Gasteiger charge is 2.13. The zero-order valence-corrected chi connectivity index (χ0v) is 15.9. The van der Waals surface area contributed by atoms with Gasteiger partial charge in [0.2, 0.25) is 0 Å². The summed E-state index contributed by atoms with van der Waals surface area (Å²) >= 11 is 9.85. The number of nitrogens with zero attached hydrogens (tertiary/aromatic N) is 4. The standard InChI is InChI=1S/C18H14BrClN6/c19-13-10-24-26-17(23-9-11-5-6-16(21)22-8-11)7-15(25-18(13)26)12-3-1-2-4-14(12)20/h1-8,10,23H,9H2,(H2,21,22). The second-order valence-corrected chi connectivity index (χ2v) is 6.94. The normalized spacial score (nSPS) is 11.0. The number of aromatic nitrogens is 4. The molecule has 0 spiro atoms. The predicted molar refractivity (Wildman–Crippen MR) is 107 cm³/mol. The Labute approximate surface area is 163 Å². The Balaban J connectivity index is 1.75. The maximum absolute atomic E-state index is 6.35. The molecule has 3 N–H and O–H groups in total. The van der Waals surface area contributed by atoms with Crippen LogP contribution in [0, 0.1) is 0 Å². The highest BCUT2D eigenvalue weighted by Crippen LogP contribution is 2.30. The van der Waals surface area contributed by atoms with Gasteiger partial charge in [-0.2, -0.15) is 9.61 Å². The molecule has 6 nitrogen and oxygen atoms in total. The molecule has 3 heterocycles. The van der Waals surface area contributed by atoms with Crippen LogP contribution in [0.1, 0.15) is 5.56 Å². The van der Waals surface area contributed by atoms with Gasteiger partial charge in [0.1, 0.15) is 11.6 Å². The number of fused-ring (bicyclic) bond motifs is 1. The van der Waals surface area contributed by atoms with Gasteiger partial charge >= 0.3 is 0 Å². The summed E-state index contributed by atoms with van der Waals surface area (Å²) in [6.07, 6.45) is 3.46. The molecule has 0 atom stereocenters. The zero-order valence-electron chi connectivity index (χ0n) is 13.5. The highest BCUT2D eigenvalue weighted by molar-refractivity contribution is 9.10. The van der Waals surface area contributed by atoms with E-state index < -0.39 is 0 Å². The number of hydrogen-bond donors (Lipinski definition) is 2. The van der Waals surface area contributed by atoms with E-state index in [9.17, 15) is 0 Å². The van der Waals surface area contributed by atoms with Crippen LogP contribution in [-0.2, 0) is 6.54 Å². The van der Waals surface area contributed by atoms with E-state index in [1.807, 2.05) is 36.4 Å². The average molecular weight is 430 g/mol. The maximum Gasteiger partial charge on any atom is 0.172 e. The second-order valence-electron chi connectivity index (χ2n) is 5.68. The zero-order chi connectivity index (χ0) is 18.1. The van der Waals surface area contributed by atoms with Gasteiger partial charge < -0.3 is 11.1 Å². The molecule has 0 saturated heterocycles. The molecule has 0 fully saturated rings. The number of nitrogen functional groups attached to an aromatic ring is 1. The molecular weight excluding hydrogens is 416 g/mol. The van der Waals surface area contributed by atoms with Gasteiger partial charge in [-0.15, -0.1) is 0 Å². The van der Waals surface area contributed by atoms with Crippen molar-refractivity contribution in [3.8, 4) is 11.3 Å². The van der Waals surface area contributed by atoms with Gasteiger partial charge in [0.15, 0.2) is 5.65 Å². The van der Waals surface area contributed by atoms with Crippen molar-refractivity contribution in [3.05, 3.63) is 69.9 Å². The number of nitrogens with two attached hydrogens (primary N) is 1. The molecule has 0 radical (unpaired) electrons. The van der Waals surface area contributed by atoms with Crippen LogP contribution in [0.5, 0.6) is 0 Å². The van der Waals surface area contributed by atoms with Crippen molar-refractivity contribution in [3.63, 3.8) is 0 Å². The molecule has 0 aliphatic carbocycles. The van der Waals surface area contributed by atoms with Gasteiger partial charge in [0.05, 0.1) is 16.4 Å². The van der Waals surface area contributed by atoms with Crippen LogP contribution >= 0.6 is 27.5 Å². The van der Waals surface area contributed by atoms with Crippen molar-refractivity contribution in [1.82, 2.24) is 19.6 Å². The first-order chi connectivity index (χ1) is 12.6. The third kappa shape index (κ3) is 3.23. The minimum atomic E-state index is 0.497. The van der Waals surface area contributed by atoms with Gasteiger partial charge in [-0.1, -0.05) is 35.9 Å². The van der Waals surface area contributed by atoms with Crippen molar-refractivity contribution in [2.45, 2.75) is 6.54 Å². The van der Waals surface area contributed by atoms with Crippen molar-refractivity contribution >= 4 is 44.8 Å². The van der Waals surface area contributed by atoms with Crippen molar-refractivity contribution in [1.29, 1.82) is 0 Å². The summed E-state index contributed by atoms with van der Waals surface area (Å²) in [6.45, 7) is 0.575. The monoisotopic (exact) mass is 428 g/mol. The highest BCUT2D eigenvalue weighted by atomic mass is 79.9. The first-order valence-corrected chi connectivity index (χ1v) is 9.02. The smallest absolute Gasteiger partial charge is 0.172 e. The van der Waals surface area contributed by atoms with Gasteiger partial charge in [0.25, 0.3) is 0 Å². The summed E-state index contributed by atoms with van der Waals surface area (Å²) in [7, 11) is 0. The third-order valence-electron chi connectivity index (χ3n) is 3.90. The summed E-state index contributed by atoms with van der Waals surface area (Å²) in [5, 5.41) is 8.41. The number of nitrogens with one attached hydrogen (secondary N) is 1. The Bertz CT molecular complexity index is 1080. The van der Waals surface area contributed by atoms with E-state index in [-0.39, 0.29) is 0 Å². The number of rotatable bonds is 4. The van der Waals surface area contributed by atoms with E-state index in [0.717, 1.165) is 27.1 Å². The van der Waals surface area contributed by atoms with Gasteiger partial charge in [0, 0.05) is 29.4 Å². The lowest BCUT2D eigenvalue weighted by molar-refractivity contribution is 0.925. The van der Waals surface area contributed by atoms with Crippen molar-refractivity contribution in [2.75, 3.05) is 11.1 Å². The third-order valence-corrected chi connectivity index (χ3v) is 4.79. The fourth-order valence-electron chi connectivity index (χ4n) is 2.60. The molecule has 0 saturated carbocycles. The fourth-order valence-corrected chi connectivity index (χ4v) is 3.18. The molecular formula is C18H14BrClN6. The van der Waals surface area contributed by atoms with Crippen LogP contribution in [-0.4, -0.2) is 19.6 Å². The van der Waals surface area contributed by atoms with Crippen LogP contribution in [0.3, 0.4) is 0 Å². The van der Waals surface area contributed by atoms with Gasteiger partial charge in [-0.25, -0.2) is 9.97 Å². The molecule has 3 aromatic heterocycles. The van der Waals surface area contributed by atoms with E-state index in [1.165, 1.54) is 0 Å². The molecule has 8 heteroatoms. The molecule has 0 amide bonds. The largest absolute Gasteiger partial charge is 0.384 e. The lowest BCUT2D eigenvalue weighted by Crippen LogP contribution is -2.07. The summed E-state index contributed by atoms with van der Waals surface area (Å²) in [5.41, 5.74) is 8.98. The topological polar surface area (TPSA) is 81.1 Å². The van der Waals surface area contributed by atoms with Crippen molar-refractivity contribution < 1.29 is 0 Å². The molecule has 4 rings (SSSR count). The quantitative estimate of drug-likeness (QED) is 0.502. The Kier molecular flexibility index (Phi) is 4.48. The van der Waals surface area contributed by atoms with E-state index in [0.29, 0.717) is 23.0 Å². The van der Waals surface area contributed by atoms with E-state index in [4.69, 9.17) is 22.3 Å². The Morgan fingerprint density at radius 1 is 1.15 bits per heavy atom. The molecule has 0 unspecified atom stereocenters. The molecule has 26 heavy (non-hydrogen) atoms. The van der Waals surface area contributed by atoms with Gasteiger partial charge in [-0.05, 0) is 33.6 Å².